The average molecular weight is 316 g/mol. The van der Waals surface area contributed by atoms with E-state index in [9.17, 15) is 5.11 Å². The summed E-state index contributed by atoms with van der Waals surface area (Å²) in [4.78, 5) is 10.9. The van der Waals surface area contributed by atoms with Crippen LogP contribution in [0, 0.1) is 17.2 Å². The quantitative estimate of drug-likeness (QED) is 0.808. The first kappa shape index (κ1) is 17.7. The van der Waals surface area contributed by atoms with E-state index in [0.29, 0.717) is 20.0 Å². The third kappa shape index (κ3) is 4.43. The van der Waals surface area contributed by atoms with Gasteiger partial charge in [-0.3, -0.25) is 0 Å². The van der Waals surface area contributed by atoms with E-state index in [-0.39, 0.29) is 5.92 Å². The van der Waals surface area contributed by atoms with Gasteiger partial charge in [0.25, 0.3) is 0 Å². The van der Waals surface area contributed by atoms with Crippen LogP contribution in [0.15, 0.2) is 12.4 Å². The van der Waals surface area contributed by atoms with Crippen molar-refractivity contribution in [3.63, 3.8) is 0 Å². The largest absolute Gasteiger partial charge is 0.427 e. The molecule has 6 nitrogen and oxygen atoms in total. The van der Waals surface area contributed by atoms with Gasteiger partial charge in [-0.05, 0) is 46.0 Å². The predicted molar refractivity (Wildman–Crippen MR) is 90.8 cm³/mol. The lowest BCUT2D eigenvalue weighted by molar-refractivity contribution is -0.0893. The fraction of sp³-hybridized carbons (Fsp3) is 0.688. The number of anilines is 1. The van der Waals surface area contributed by atoms with Crippen LogP contribution in [-0.2, 0) is 4.65 Å². The molecule has 7 heteroatoms. The molecule has 0 spiro atoms. The topological polar surface area (TPSA) is 82.3 Å². The molecule has 1 saturated heterocycles. The van der Waals surface area contributed by atoms with Gasteiger partial charge in [-0.2, -0.15) is 5.26 Å². The molecule has 1 atom stereocenters. The molecule has 1 aliphatic rings. The summed E-state index contributed by atoms with van der Waals surface area (Å²) < 4.78 is 5.81. The molecular formula is C16H25BN4O2. The van der Waals surface area contributed by atoms with Crippen LogP contribution in [0.2, 0.25) is 0 Å². The fourth-order valence-corrected chi connectivity index (χ4v) is 2.29. The molecule has 0 aromatic carbocycles. The van der Waals surface area contributed by atoms with Crippen molar-refractivity contribution in [3.05, 3.63) is 12.4 Å². The monoisotopic (exact) mass is 316 g/mol. The highest BCUT2D eigenvalue weighted by Gasteiger charge is 2.35. The first-order valence-corrected chi connectivity index (χ1v) is 8.05. The average Bonchev–Trinajstić information content (AvgIpc) is 2.52. The van der Waals surface area contributed by atoms with Crippen molar-refractivity contribution in [1.29, 1.82) is 5.26 Å². The summed E-state index contributed by atoms with van der Waals surface area (Å²) in [6.07, 6.45) is 5.44. The molecule has 0 amide bonds. The summed E-state index contributed by atoms with van der Waals surface area (Å²) in [7, 11) is 0.345. The van der Waals surface area contributed by atoms with Crippen molar-refractivity contribution in [2.75, 3.05) is 18.0 Å². The predicted octanol–water partition coefficient (Wildman–Crippen LogP) is 0.759. The van der Waals surface area contributed by atoms with Crippen LogP contribution >= 0.6 is 0 Å². The number of piperidine rings is 1. The van der Waals surface area contributed by atoms with Crippen molar-refractivity contribution < 1.29 is 9.76 Å². The third-order valence-corrected chi connectivity index (χ3v) is 4.65. The Labute approximate surface area is 138 Å². The maximum atomic E-state index is 10.1. The number of aromatic nitrogens is 2. The first-order valence-electron chi connectivity index (χ1n) is 8.05. The molecule has 0 radical (unpaired) electrons. The number of nitrogens with zero attached hydrogens (tertiary/aromatic N) is 4. The van der Waals surface area contributed by atoms with Crippen LogP contribution in [-0.4, -0.2) is 46.8 Å². The molecule has 1 N–H and O–H groups in total. The summed E-state index contributed by atoms with van der Waals surface area (Å²) in [5, 5.41) is 19.2. The highest BCUT2D eigenvalue weighted by molar-refractivity contribution is 6.46. The minimum atomic E-state index is -0.937. The Morgan fingerprint density at radius 2 is 2.00 bits per heavy atom. The Hall–Kier alpha value is -1.65. The Morgan fingerprint density at radius 3 is 2.57 bits per heavy atom. The molecule has 1 fully saturated rings. The number of aliphatic hydroxyl groups is 1. The number of hydrogen-bond donors (Lipinski definition) is 1. The lowest BCUT2D eigenvalue weighted by Gasteiger charge is -2.37. The molecule has 0 aliphatic carbocycles. The normalized spacial score (nSPS) is 19.3. The van der Waals surface area contributed by atoms with Crippen LogP contribution in [0.25, 0.3) is 0 Å². The van der Waals surface area contributed by atoms with Crippen LogP contribution < -0.4 is 10.4 Å². The highest BCUT2D eigenvalue weighted by atomic mass is 16.5. The summed E-state index contributed by atoms with van der Waals surface area (Å²) in [6.45, 7) is 8.76. The zero-order valence-corrected chi connectivity index (χ0v) is 14.4. The van der Waals surface area contributed by atoms with Gasteiger partial charge in [0.2, 0.25) is 5.95 Å². The summed E-state index contributed by atoms with van der Waals surface area (Å²) >= 11 is 0. The van der Waals surface area contributed by atoms with Gasteiger partial charge in [0.05, 0.1) is 23.2 Å². The van der Waals surface area contributed by atoms with Gasteiger partial charge in [0.15, 0.2) is 0 Å². The van der Waals surface area contributed by atoms with E-state index in [2.05, 4.69) is 20.9 Å². The molecule has 124 valence electrons. The lowest BCUT2D eigenvalue weighted by Crippen LogP contribution is -2.49. The van der Waals surface area contributed by atoms with Crippen molar-refractivity contribution in [3.8, 4) is 6.07 Å². The summed E-state index contributed by atoms with van der Waals surface area (Å²) in [5.41, 5.74) is -0.744. The van der Waals surface area contributed by atoms with E-state index in [1.54, 1.807) is 26.2 Å². The summed E-state index contributed by atoms with van der Waals surface area (Å²) in [5.74, 6) is 0.721. The maximum Gasteiger partial charge on any atom is 0.312 e. The van der Waals surface area contributed by atoms with E-state index >= 15 is 0 Å². The standard InChI is InChI=1S/C16H25BN4O2/c1-15(2,22)16(3,4)23-17-13-9-19-14(20-10-13)21-7-5-6-12(8-18)11-21/h9-10,12,17,22H,5-7,11H2,1-4H3. The van der Waals surface area contributed by atoms with Gasteiger partial charge in [-0.15, -0.1) is 0 Å². The van der Waals surface area contributed by atoms with E-state index in [1.165, 1.54) is 0 Å². The van der Waals surface area contributed by atoms with Gasteiger partial charge in [-0.1, -0.05) is 0 Å². The van der Waals surface area contributed by atoms with Gasteiger partial charge in [-0.25, -0.2) is 9.97 Å². The second-order valence-corrected chi connectivity index (χ2v) is 7.16. The van der Waals surface area contributed by atoms with Gasteiger partial charge in [0.1, 0.15) is 0 Å². The molecule has 1 unspecified atom stereocenters. The molecule has 1 aliphatic heterocycles. The fourth-order valence-electron chi connectivity index (χ4n) is 2.29. The van der Waals surface area contributed by atoms with Crippen LogP contribution in [0.3, 0.4) is 0 Å². The number of hydrogen-bond acceptors (Lipinski definition) is 6. The summed E-state index contributed by atoms with van der Waals surface area (Å²) in [6, 6.07) is 2.33. The molecule has 2 heterocycles. The van der Waals surface area contributed by atoms with Crippen molar-refractivity contribution in [2.45, 2.75) is 51.7 Å². The second kappa shape index (κ2) is 6.85. The Kier molecular flexibility index (Phi) is 5.28. The minimum absolute atomic E-state index is 0.0583. The Bertz CT molecular complexity index is 563. The third-order valence-electron chi connectivity index (χ3n) is 4.65. The first-order chi connectivity index (χ1) is 10.7. The Morgan fingerprint density at radius 1 is 1.35 bits per heavy atom. The lowest BCUT2D eigenvalue weighted by atomic mass is 9.84. The highest BCUT2D eigenvalue weighted by Crippen LogP contribution is 2.24. The van der Waals surface area contributed by atoms with E-state index in [0.717, 1.165) is 24.8 Å². The van der Waals surface area contributed by atoms with E-state index < -0.39 is 11.2 Å². The van der Waals surface area contributed by atoms with Gasteiger partial charge >= 0.3 is 7.48 Å². The number of nitriles is 1. The Balaban J connectivity index is 1.96. The smallest absolute Gasteiger partial charge is 0.312 e. The molecule has 23 heavy (non-hydrogen) atoms. The van der Waals surface area contributed by atoms with Crippen LogP contribution in [0.4, 0.5) is 5.95 Å². The van der Waals surface area contributed by atoms with Crippen LogP contribution in [0.5, 0.6) is 0 Å². The zero-order valence-electron chi connectivity index (χ0n) is 14.4. The van der Waals surface area contributed by atoms with E-state index in [4.69, 9.17) is 9.92 Å². The van der Waals surface area contributed by atoms with Gasteiger partial charge < -0.3 is 14.7 Å². The zero-order chi connectivity index (χ0) is 17.1. The van der Waals surface area contributed by atoms with Crippen LogP contribution in [0.1, 0.15) is 40.5 Å². The molecule has 0 bridgehead atoms. The second-order valence-electron chi connectivity index (χ2n) is 7.16. The minimum Gasteiger partial charge on any atom is -0.427 e. The van der Waals surface area contributed by atoms with Crippen molar-refractivity contribution in [2.24, 2.45) is 5.92 Å². The molecule has 2 rings (SSSR count). The molecule has 1 aromatic rings. The molecular weight excluding hydrogens is 291 g/mol. The van der Waals surface area contributed by atoms with Crippen molar-refractivity contribution >= 4 is 18.9 Å². The molecule has 0 saturated carbocycles. The SMILES string of the molecule is CC(C)(O)C(C)(C)OBc1cnc(N2CCCC(C#N)C2)nc1. The molecule has 1 aromatic heterocycles. The maximum absolute atomic E-state index is 10.1. The van der Waals surface area contributed by atoms with Crippen molar-refractivity contribution in [1.82, 2.24) is 9.97 Å². The van der Waals surface area contributed by atoms with E-state index in [1.807, 2.05) is 13.8 Å². The van der Waals surface area contributed by atoms with Gasteiger partial charge in [0, 0.05) is 25.5 Å². The number of rotatable bonds is 5.